The molecule has 9 heteroatoms. The average molecular weight is 520 g/mol. The lowest BCUT2D eigenvalue weighted by Crippen LogP contribution is -2.63. The smallest absolute Gasteiger partial charge is 0.272 e. The summed E-state index contributed by atoms with van der Waals surface area (Å²) < 4.78 is 20.3. The van der Waals surface area contributed by atoms with Gasteiger partial charge in [-0.3, -0.25) is 9.80 Å². The zero-order chi connectivity index (χ0) is 27.2. The highest BCUT2D eigenvalue weighted by atomic mass is 35.5. The van der Waals surface area contributed by atoms with E-state index in [1.807, 2.05) is 31.9 Å². The highest BCUT2D eigenvalue weighted by Crippen LogP contribution is 2.36. The van der Waals surface area contributed by atoms with Gasteiger partial charge in [0.25, 0.3) is 5.91 Å². The van der Waals surface area contributed by atoms with Crippen LogP contribution >= 0.6 is 11.6 Å². The first-order valence-electron chi connectivity index (χ1n) is 12.6. The van der Waals surface area contributed by atoms with E-state index in [0.29, 0.717) is 29.3 Å². The molecule has 36 heavy (non-hydrogen) atoms. The lowest BCUT2D eigenvalue weighted by molar-refractivity contribution is -0.163. The predicted octanol–water partition coefficient (Wildman–Crippen LogP) is 5.89. The number of hydrogen-bond donors (Lipinski definition) is 2. The number of carbonyl (C=O) groups is 1. The van der Waals surface area contributed by atoms with E-state index in [0.717, 1.165) is 31.3 Å². The number of aliphatic hydroxyl groups is 1. The summed E-state index contributed by atoms with van der Waals surface area (Å²) in [6.45, 7) is 11.7. The van der Waals surface area contributed by atoms with Gasteiger partial charge in [0.15, 0.2) is 6.23 Å². The lowest BCUT2D eigenvalue weighted by Gasteiger charge is -2.50. The third-order valence-corrected chi connectivity index (χ3v) is 7.15. The van der Waals surface area contributed by atoms with Crippen LogP contribution in [0.15, 0.2) is 56.7 Å². The summed E-state index contributed by atoms with van der Waals surface area (Å²) in [7, 11) is 7.11. The SMILES string of the molecule is [B]/C(C)=C(F)/C(C)=C(\CC)NC(OC)C1=C(O)C(C)(C)N(CCCC)N(CC2=CCCC=C2Cl)C1=O. The fourth-order valence-corrected chi connectivity index (χ4v) is 4.76. The summed E-state index contributed by atoms with van der Waals surface area (Å²) in [5.41, 5.74) is 0.969. The molecule has 1 amide bonds. The molecule has 1 heterocycles. The van der Waals surface area contributed by atoms with Crippen molar-refractivity contribution in [2.24, 2.45) is 0 Å². The van der Waals surface area contributed by atoms with Crippen LogP contribution in [0.5, 0.6) is 0 Å². The number of ether oxygens (including phenoxy) is 1. The zero-order valence-corrected chi connectivity index (χ0v) is 23.4. The summed E-state index contributed by atoms with van der Waals surface area (Å²) in [6, 6.07) is 0. The molecule has 0 saturated carbocycles. The monoisotopic (exact) mass is 519 g/mol. The van der Waals surface area contributed by atoms with Crippen LogP contribution in [0, 0.1) is 0 Å². The summed E-state index contributed by atoms with van der Waals surface area (Å²) in [5.74, 6) is -1.00. The summed E-state index contributed by atoms with van der Waals surface area (Å²) in [4.78, 5) is 14.0. The van der Waals surface area contributed by atoms with Gasteiger partial charge in [-0.05, 0) is 52.0 Å². The molecule has 2 radical (unpaired) electrons. The van der Waals surface area contributed by atoms with Crippen LogP contribution in [0.25, 0.3) is 0 Å². The van der Waals surface area contributed by atoms with E-state index in [-0.39, 0.29) is 23.3 Å². The van der Waals surface area contributed by atoms with Crippen molar-refractivity contribution in [3.05, 3.63) is 56.7 Å². The minimum Gasteiger partial charge on any atom is -0.510 e. The molecule has 2 N–H and O–H groups in total. The van der Waals surface area contributed by atoms with Crippen LogP contribution in [0.3, 0.4) is 0 Å². The maximum atomic E-state index is 14.6. The number of allylic oxidation sites excluding steroid dienone is 6. The largest absolute Gasteiger partial charge is 0.510 e. The molecule has 0 bridgehead atoms. The molecule has 6 nitrogen and oxygen atoms in total. The van der Waals surface area contributed by atoms with Crippen LogP contribution in [0.4, 0.5) is 4.39 Å². The van der Waals surface area contributed by atoms with Gasteiger partial charge in [-0.2, -0.15) is 0 Å². The van der Waals surface area contributed by atoms with Crippen LogP contribution in [0.2, 0.25) is 0 Å². The van der Waals surface area contributed by atoms with Crippen LogP contribution in [-0.4, -0.2) is 60.8 Å². The number of methoxy groups -OCH3 is 1. The first-order chi connectivity index (χ1) is 16.9. The summed E-state index contributed by atoms with van der Waals surface area (Å²) in [6.07, 6.45) is 6.94. The normalized spacial score (nSPS) is 21.0. The van der Waals surface area contributed by atoms with E-state index in [1.165, 1.54) is 14.0 Å². The first-order valence-corrected chi connectivity index (χ1v) is 13.0. The molecule has 198 valence electrons. The number of unbranched alkanes of at least 4 members (excludes halogenated alkanes) is 1. The minimum absolute atomic E-state index is 0.0644. The number of hydrogen-bond acceptors (Lipinski definition) is 5. The van der Waals surface area contributed by atoms with Crippen molar-refractivity contribution in [3.63, 3.8) is 0 Å². The molecule has 1 unspecified atom stereocenters. The predicted molar refractivity (Wildman–Crippen MR) is 145 cm³/mol. The van der Waals surface area contributed by atoms with Gasteiger partial charge < -0.3 is 15.2 Å². The van der Waals surface area contributed by atoms with Gasteiger partial charge in [-0.1, -0.05) is 56.4 Å². The Bertz CT molecular complexity index is 996. The average Bonchev–Trinajstić information content (AvgIpc) is 2.84. The number of carbonyl (C=O) groups excluding carboxylic acids is 1. The number of halogens is 2. The molecule has 2 rings (SSSR count). The highest BCUT2D eigenvalue weighted by Gasteiger charge is 2.48. The van der Waals surface area contributed by atoms with E-state index in [4.69, 9.17) is 24.2 Å². The van der Waals surface area contributed by atoms with Gasteiger partial charge in [0, 0.05) is 30.0 Å². The lowest BCUT2D eigenvalue weighted by atomic mass is 9.91. The molecule has 0 spiro atoms. The van der Waals surface area contributed by atoms with E-state index in [1.54, 1.807) is 11.9 Å². The van der Waals surface area contributed by atoms with E-state index < -0.39 is 23.5 Å². The Labute approximate surface area is 221 Å². The Hall–Kier alpha value is -2.03. The molecule has 0 aromatic carbocycles. The number of nitrogens with zero attached hydrogens (tertiary/aromatic N) is 2. The van der Waals surface area contributed by atoms with Crippen LogP contribution in [-0.2, 0) is 9.53 Å². The van der Waals surface area contributed by atoms with E-state index in [2.05, 4.69) is 18.3 Å². The van der Waals surface area contributed by atoms with E-state index >= 15 is 0 Å². The highest BCUT2D eigenvalue weighted by molar-refractivity contribution is 6.32. The van der Waals surface area contributed by atoms with Gasteiger partial charge in [0.05, 0.1) is 12.1 Å². The standard InChI is InChI=1S/C27H40BClFN3O3/c1-8-10-15-33-27(5,6)24(34)22(26(35)32(33)16-19-13-11-12-14-20(19)29)25(36-7)31-21(9-2)17(3)23(30)18(4)28/h13-14,25,31,34H,8-12,15-16H2,1-7H3/b21-17+,23-18-. The molecule has 1 aliphatic carbocycles. The molecule has 0 saturated heterocycles. The van der Waals surface area contributed by atoms with Gasteiger partial charge in [-0.25, -0.2) is 9.40 Å². The van der Waals surface area contributed by atoms with Crippen molar-refractivity contribution in [2.75, 3.05) is 20.2 Å². The number of hydrazine groups is 1. The number of aliphatic hydroxyl groups excluding tert-OH is 1. The van der Waals surface area contributed by atoms with Gasteiger partial charge >= 0.3 is 0 Å². The second kappa shape index (κ2) is 13.0. The molecule has 0 aromatic rings. The third-order valence-electron chi connectivity index (χ3n) is 6.75. The minimum atomic E-state index is -1.00. The maximum absolute atomic E-state index is 14.6. The Balaban J connectivity index is 2.58. The van der Waals surface area contributed by atoms with Crippen molar-refractivity contribution in [2.45, 2.75) is 85.4 Å². The second-order valence-electron chi connectivity index (χ2n) is 9.73. The number of rotatable bonds is 11. The van der Waals surface area contributed by atoms with Crippen molar-refractivity contribution >= 4 is 25.4 Å². The van der Waals surface area contributed by atoms with Crippen molar-refractivity contribution < 1.29 is 19.0 Å². The Kier molecular flexibility index (Phi) is 10.9. The molecule has 2 aliphatic rings. The fourth-order valence-electron chi connectivity index (χ4n) is 4.51. The van der Waals surface area contributed by atoms with E-state index in [9.17, 15) is 14.3 Å². The third kappa shape index (κ3) is 6.45. The Morgan fingerprint density at radius 3 is 2.47 bits per heavy atom. The molecule has 1 atom stereocenters. The summed E-state index contributed by atoms with van der Waals surface area (Å²) >= 11 is 6.49. The van der Waals surface area contributed by atoms with Crippen LogP contribution < -0.4 is 5.32 Å². The molecular weight excluding hydrogens is 480 g/mol. The van der Waals surface area contributed by atoms with Gasteiger partial charge in [0.1, 0.15) is 25.0 Å². The molecule has 1 aliphatic heterocycles. The second-order valence-corrected chi connectivity index (χ2v) is 10.1. The fraction of sp³-hybridized carbons (Fsp3) is 0.593. The van der Waals surface area contributed by atoms with Crippen molar-refractivity contribution in [3.8, 4) is 0 Å². The maximum Gasteiger partial charge on any atom is 0.272 e. The van der Waals surface area contributed by atoms with Gasteiger partial charge in [-0.15, -0.1) is 0 Å². The topological polar surface area (TPSA) is 65.0 Å². The van der Waals surface area contributed by atoms with Crippen molar-refractivity contribution in [1.82, 2.24) is 15.3 Å². The zero-order valence-electron chi connectivity index (χ0n) is 22.7. The van der Waals surface area contributed by atoms with Gasteiger partial charge in [0.2, 0.25) is 0 Å². The van der Waals surface area contributed by atoms with Crippen molar-refractivity contribution in [1.29, 1.82) is 0 Å². The van der Waals surface area contributed by atoms with Crippen LogP contribution in [0.1, 0.15) is 73.6 Å². The number of amides is 1. The molecular formula is C27H40BClFN3O3. The molecule has 0 aromatic heterocycles. The Morgan fingerprint density at radius 1 is 1.31 bits per heavy atom. The Morgan fingerprint density at radius 2 is 1.94 bits per heavy atom. The molecule has 0 fully saturated rings. The quantitative estimate of drug-likeness (QED) is 0.202. The number of nitrogens with one attached hydrogen (secondary N) is 1. The summed E-state index contributed by atoms with van der Waals surface area (Å²) in [5, 5.41) is 18.8. The first kappa shape index (κ1) is 30.2.